The van der Waals surface area contributed by atoms with Gasteiger partial charge < -0.3 is 39.0 Å². The molecule has 11 atom stereocenters. The zero-order valence-electron chi connectivity index (χ0n) is 27.3. The maximum absolute atomic E-state index is 14.0. The summed E-state index contributed by atoms with van der Waals surface area (Å²) in [6.45, 7) is 10.2. The molecule has 12 nitrogen and oxygen atoms in total. The van der Waals surface area contributed by atoms with Crippen molar-refractivity contribution < 1.29 is 58.2 Å². The minimum Gasteiger partial charge on any atom is -0.458 e. The van der Waals surface area contributed by atoms with Crippen molar-refractivity contribution in [1.29, 1.82) is 0 Å². The molecule has 5 rings (SSSR count). The summed E-state index contributed by atoms with van der Waals surface area (Å²) in [4.78, 5) is 51.8. The Bertz CT molecular complexity index is 1440. The Morgan fingerprint density at radius 3 is 2.11 bits per heavy atom. The van der Waals surface area contributed by atoms with Gasteiger partial charge in [-0.25, -0.2) is 4.79 Å². The Hall–Kier alpha value is -3.32. The number of hydrogen-bond donors (Lipinski definition) is 3. The zero-order valence-corrected chi connectivity index (χ0v) is 27.3. The van der Waals surface area contributed by atoms with Crippen molar-refractivity contribution in [1.82, 2.24) is 0 Å². The summed E-state index contributed by atoms with van der Waals surface area (Å²) in [7, 11) is 0. The monoisotopic (exact) mass is 644 g/mol. The fraction of sp³-hybridized carbons (Fsp3) is 0.647. The Labute approximate surface area is 268 Å². The summed E-state index contributed by atoms with van der Waals surface area (Å²) in [6.07, 6.45) is -8.14. The highest BCUT2D eigenvalue weighted by atomic mass is 16.6. The van der Waals surface area contributed by atoms with Gasteiger partial charge in [0.05, 0.1) is 24.2 Å². The number of fused-ring (bicyclic) bond motifs is 5. The fourth-order valence-electron chi connectivity index (χ4n) is 8.79. The highest BCUT2D eigenvalue weighted by molar-refractivity contribution is 5.89. The van der Waals surface area contributed by atoms with E-state index in [-0.39, 0.29) is 31.4 Å². The lowest BCUT2D eigenvalue weighted by atomic mass is 9.43. The average Bonchev–Trinajstić information content (AvgIpc) is 2.98. The van der Waals surface area contributed by atoms with Crippen molar-refractivity contribution in [3.8, 4) is 0 Å². The number of carbonyl (C=O) groups excluding carboxylic acids is 4. The SMILES string of the molecule is CC[C@@]1(C)C2=C(C)[C@@H](OC(C)=O)C[C@@]1(O)[C@@H](OC(=O)c1ccccc1)[C@@H]1[C@]3(OC(C)=O)CO[C@@H]3C[C@H](O)[C@@]1(C)[C@@H](O)[C@@H]2OC(C)=O. The van der Waals surface area contributed by atoms with E-state index < -0.39 is 88.5 Å². The van der Waals surface area contributed by atoms with Crippen molar-refractivity contribution in [3.05, 3.63) is 47.0 Å². The molecule has 3 aliphatic carbocycles. The predicted octanol–water partition coefficient (Wildman–Crippen LogP) is 2.41. The van der Waals surface area contributed by atoms with Crippen LogP contribution in [-0.4, -0.2) is 93.6 Å². The van der Waals surface area contributed by atoms with Gasteiger partial charge >= 0.3 is 23.9 Å². The maximum Gasteiger partial charge on any atom is 0.338 e. The summed E-state index contributed by atoms with van der Waals surface area (Å²) in [5.74, 6) is -4.18. The number of aliphatic hydroxyl groups excluding tert-OH is 2. The maximum atomic E-state index is 14.0. The quantitative estimate of drug-likeness (QED) is 0.235. The van der Waals surface area contributed by atoms with Gasteiger partial charge in [0.1, 0.15) is 30.0 Å². The van der Waals surface area contributed by atoms with Crippen LogP contribution in [0.1, 0.15) is 78.1 Å². The van der Waals surface area contributed by atoms with E-state index in [1.165, 1.54) is 20.8 Å². The second kappa shape index (κ2) is 11.7. The van der Waals surface area contributed by atoms with Crippen LogP contribution in [0.25, 0.3) is 0 Å². The molecule has 3 fully saturated rings. The van der Waals surface area contributed by atoms with Gasteiger partial charge in [-0.05, 0) is 36.6 Å². The molecule has 0 spiro atoms. The number of benzene rings is 1. The second-order valence-corrected chi connectivity index (χ2v) is 13.6. The van der Waals surface area contributed by atoms with Crippen LogP contribution in [0.2, 0.25) is 0 Å². The molecular formula is C34H44O12. The minimum atomic E-state index is -2.10. The van der Waals surface area contributed by atoms with E-state index in [2.05, 4.69) is 0 Å². The molecule has 2 saturated carbocycles. The second-order valence-electron chi connectivity index (χ2n) is 13.6. The first-order valence-corrected chi connectivity index (χ1v) is 15.7. The number of carbonyl (C=O) groups is 4. The van der Waals surface area contributed by atoms with E-state index in [9.17, 15) is 34.5 Å². The molecule has 12 heteroatoms. The van der Waals surface area contributed by atoms with Crippen LogP contribution in [-0.2, 0) is 38.1 Å². The van der Waals surface area contributed by atoms with Crippen LogP contribution in [0.3, 0.4) is 0 Å². The van der Waals surface area contributed by atoms with Crippen LogP contribution < -0.4 is 0 Å². The molecule has 1 saturated heterocycles. The molecule has 0 unspecified atom stereocenters. The van der Waals surface area contributed by atoms with E-state index in [0.717, 1.165) is 0 Å². The number of esters is 4. The predicted molar refractivity (Wildman–Crippen MR) is 160 cm³/mol. The molecule has 2 bridgehead atoms. The van der Waals surface area contributed by atoms with E-state index in [1.54, 1.807) is 58.0 Å². The Balaban J connectivity index is 1.88. The lowest BCUT2D eigenvalue weighted by Gasteiger charge is -2.69. The average molecular weight is 645 g/mol. The third kappa shape index (κ3) is 4.87. The molecule has 1 aromatic carbocycles. The summed E-state index contributed by atoms with van der Waals surface area (Å²) >= 11 is 0. The third-order valence-electron chi connectivity index (χ3n) is 11.2. The lowest BCUT2D eigenvalue weighted by Crippen LogP contribution is -2.82. The van der Waals surface area contributed by atoms with Crippen molar-refractivity contribution in [2.24, 2.45) is 16.7 Å². The molecule has 0 radical (unpaired) electrons. The van der Waals surface area contributed by atoms with Gasteiger partial charge in [-0.2, -0.15) is 0 Å². The van der Waals surface area contributed by atoms with E-state index in [4.69, 9.17) is 23.7 Å². The van der Waals surface area contributed by atoms with Gasteiger partial charge in [-0.3, -0.25) is 14.4 Å². The number of hydrogen-bond acceptors (Lipinski definition) is 12. The summed E-state index contributed by atoms with van der Waals surface area (Å²) in [5, 5.41) is 37.8. The van der Waals surface area contributed by atoms with Gasteiger partial charge in [0.25, 0.3) is 0 Å². The standard InChI is InChI=1S/C34H44O12/c1-8-31(6)25-17(2)22(43-18(3)35)15-34(31,41)29(45-30(40)21-12-10-9-11-13-21)27-32(7,28(39)26(25)44-19(4)36)23(38)14-24-33(27,16-42-24)46-20(5)37/h9-13,22-24,26-29,38-39,41H,8,14-16H2,1-7H3/t22-,23-,24+,26+,27-,28-,29-,31-,32+,33-,34+/m0/s1. The molecule has 252 valence electrons. The van der Waals surface area contributed by atoms with E-state index >= 15 is 0 Å². The van der Waals surface area contributed by atoms with Crippen LogP contribution in [0.4, 0.5) is 0 Å². The van der Waals surface area contributed by atoms with Crippen LogP contribution >= 0.6 is 0 Å². The smallest absolute Gasteiger partial charge is 0.338 e. The van der Waals surface area contributed by atoms with Gasteiger partial charge in [-0.1, -0.05) is 39.0 Å². The van der Waals surface area contributed by atoms with Crippen molar-refractivity contribution in [2.75, 3.05) is 6.61 Å². The molecule has 1 heterocycles. The number of rotatable bonds is 6. The zero-order chi connectivity index (χ0) is 34.0. The molecule has 3 N–H and O–H groups in total. The van der Waals surface area contributed by atoms with Gasteiger partial charge in [0, 0.05) is 44.4 Å². The third-order valence-corrected chi connectivity index (χ3v) is 11.2. The van der Waals surface area contributed by atoms with Crippen molar-refractivity contribution in [3.63, 3.8) is 0 Å². The van der Waals surface area contributed by atoms with Crippen LogP contribution in [0.5, 0.6) is 0 Å². The lowest BCUT2D eigenvalue weighted by molar-refractivity contribution is -0.365. The van der Waals surface area contributed by atoms with Gasteiger partial charge in [-0.15, -0.1) is 0 Å². The van der Waals surface area contributed by atoms with Crippen molar-refractivity contribution >= 4 is 23.9 Å². The highest BCUT2D eigenvalue weighted by Gasteiger charge is 2.78. The van der Waals surface area contributed by atoms with Crippen molar-refractivity contribution in [2.45, 2.75) is 116 Å². The normalized spacial score (nSPS) is 41.4. The molecular weight excluding hydrogens is 600 g/mol. The van der Waals surface area contributed by atoms with E-state index in [0.29, 0.717) is 11.1 Å². The molecule has 1 aromatic rings. The number of ether oxygens (including phenoxy) is 5. The largest absolute Gasteiger partial charge is 0.458 e. The molecule has 1 aliphatic heterocycles. The minimum absolute atomic E-state index is 0.0684. The van der Waals surface area contributed by atoms with Crippen LogP contribution in [0, 0.1) is 16.7 Å². The summed E-state index contributed by atoms with van der Waals surface area (Å²) < 4.78 is 29.8. The summed E-state index contributed by atoms with van der Waals surface area (Å²) in [6, 6.07) is 8.12. The Morgan fingerprint density at radius 1 is 0.957 bits per heavy atom. The fourth-order valence-corrected chi connectivity index (χ4v) is 8.79. The first kappa shape index (κ1) is 34.0. The molecule has 46 heavy (non-hydrogen) atoms. The molecule has 0 aromatic heterocycles. The topological polar surface area (TPSA) is 175 Å². The molecule has 4 aliphatic rings. The van der Waals surface area contributed by atoms with Crippen LogP contribution in [0.15, 0.2) is 41.5 Å². The first-order chi connectivity index (χ1) is 21.5. The van der Waals surface area contributed by atoms with Gasteiger partial charge in [0.15, 0.2) is 11.7 Å². The Morgan fingerprint density at radius 2 is 1.59 bits per heavy atom. The highest BCUT2D eigenvalue weighted by Crippen LogP contribution is 2.66. The Kier molecular flexibility index (Phi) is 8.68. The number of aliphatic hydroxyl groups is 3. The first-order valence-electron chi connectivity index (χ1n) is 15.7. The summed E-state index contributed by atoms with van der Waals surface area (Å²) in [5.41, 5.74) is -5.86. The van der Waals surface area contributed by atoms with Gasteiger partial charge in [0.2, 0.25) is 0 Å². The van der Waals surface area contributed by atoms with E-state index in [1.807, 2.05) is 0 Å². The molecule has 0 amide bonds.